The van der Waals surface area contributed by atoms with Gasteiger partial charge in [-0.3, -0.25) is 4.79 Å². The summed E-state index contributed by atoms with van der Waals surface area (Å²) in [5.41, 5.74) is 0. The molecular weight excluding hydrogens is 1060 g/mol. The molecule has 17 unspecified atom stereocenters. The lowest BCUT2D eigenvalue weighted by atomic mass is 9.96. The highest BCUT2D eigenvalue weighted by Gasteiger charge is 2.53. The van der Waals surface area contributed by atoms with Crippen molar-refractivity contribution in [3.63, 3.8) is 0 Å². The van der Waals surface area contributed by atoms with Crippen molar-refractivity contribution in [2.75, 3.05) is 26.4 Å². The third-order valence-corrected chi connectivity index (χ3v) is 16.2. The van der Waals surface area contributed by atoms with Crippen LogP contribution in [0.15, 0.2) is 36.5 Å². The Kier molecular flexibility index (Phi) is 41.8. The number of amides is 1. The molecule has 19 nitrogen and oxygen atoms in total. The number of hydrogen-bond donors (Lipinski definition) is 12. The predicted octanol–water partition coefficient (Wildman–Crippen LogP) is 6.88. The van der Waals surface area contributed by atoms with E-state index in [0.29, 0.717) is 6.42 Å². The van der Waals surface area contributed by atoms with Gasteiger partial charge in [-0.15, -0.1) is 0 Å². The van der Waals surface area contributed by atoms with Crippen LogP contribution in [0.2, 0.25) is 0 Å². The van der Waals surface area contributed by atoms with Crippen molar-refractivity contribution in [3.05, 3.63) is 36.5 Å². The number of aliphatic hydroxyl groups is 11. The van der Waals surface area contributed by atoms with Gasteiger partial charge in [0, 0.05) is 6.42 Å². The number of unbranched alkanes of at least 4 members (excludes halogenated alkanes) is 28. The zero-order chi connectivity index (χ0) is 59.7. The maximum absolute atomic E-state index is 13.4. The molecule has 0 aromatic heterocycles. The third-order valence-electron chi connectivity index (χ3n) is 16.2. The van der Waals surface area contributed by atoms with Gasteiger partial charge in [-0.25, -0.2) is 0 Å². The fourth-order valence-electron chi connectivity index (χ4n) is 10.9. The average Bonchev–Trinajstić information content (AvgIpc) is 3.43. The van der Waals surface area contributed by atoms with Gasteiger partial charge in [0.05, 0.1) is 38.6 Å². The van der Waals surface area contributed by atoms with Crippen LogP contribution in [-0.2, 0) is 33.2 Å². The fourth-order valence-corrected chi connectivity index (χ4v) is 10.9. The van der Waals surface area contributed by atoms with E-state index in [1.54, 1.807) is 6.08 Å². The highest BCUT2D eigenvalue weighted by Crippen LogP contribution is 2.33. The molecule has 480 valence electrons. The van der Waals surface area contributed by atoms with Crippen LogP contribution in [0.3, 0.4) is 0 Å². The van der Waals surface area contributed by atoms with Crippen molar-refractivity contribution >= 4 is 5.91 Å². The zero-order valence-electron chi connectivity index (χ0n) is 50.2. The van der Waals surface area contributed by atoms with Crippen molar-refractivity contribution < 1.29 is 89.4 Å². The second kappa shape index (κ2) is 46.2. The van der Waals surface area contributed by atoms with Crippen molar-refractivity contribution in [2.45, 2.75) is 330 Å². The summed E-state index contributed by atoms with van der Waals surface area (Å²) in [6.45, 7) is 1.71. The number of hydrogen-bond acceptors (Lipinski definition) is 18. The summed E-state index contributed by atoms with van der Waals surface area (Å²) in [6.07, 6.45) is 24.0. The first-order valence-corrected chi connectivity index (χ1v) is 32.2. The molecule has 1 amide bonds. The first-order valence-electron chi connectivity index (χ1n) is 32.2. The Morgan fingerprint density at radius 1 is 0.439 bits per heavy atom. The first-order chi connectivity index (χ1) is 39.8. The van der Waals surface area contributed by atoms with Crippen molar-refractivity contribution in [3.8, 4) is 0 Å². The molecule has 0 radical (unpaired) electrons. The topological polar surface area (TPSA) is 307 Å². The molecule has 3 rings (SSSR count). The van der Waals surface area contributed by atoms with Crippen LogP contribution in [-0.4, -0.2) is 193 Å². The van der Waals surface area contributed by atoms with Crippen LogP contribution >= 0.6 is 0 Å². The predicted molar refractivity (Wildman–Crippen MR) is 314 cm³/mol. The Labute approximate surface area is 491 Å². The molecule has 3 heterocycles. The van der Waals surface area contributed by atoms with E-state index in [2.05, 4.69) is 43.5 Å². The lowest BCUT2D eigenvalue weighted by Gasteiger charge is -2.48. The van der Waals surface area contributed by atoms with Gasteiger partial charge < -0.3 is 89.9 Å². The zero-order valence-corrected chi connectivity index (χ0v) is 50.2. The van der Waals surface area contributed by atoms with Crippen LogP contribution in [0.25, 0.3) is 0 Å². The molecule has 0 spiro atoms. The van der Waals surface area contributed by atoms with E-state index in [0.717, 1.165) is 83.5 Å². The second-order valence-electron chi connectivity index (χ2n) is 23.2. The molecule has 3 aliphatic rings. The molecular formula is C63H115NO18. The van der Waals surface area contributed by atoms with Gasteiger partial charge >= 0.3 is 0 Å². The number of allylic oxidation sites excluding steroid dienone is 5. The molecule has 0 saturated carbocycles. The van der Waals surface area contributed by atoms with Crippen LogP contribution in [0.5, 0.6) is 0 Å². The van der Waals surface area contributed by atoms with E-state index in [1.165, 1.54) is 116 Å². The van der Waals surface area contributed by atoms with Crippen LogP contribution in [0.1, 0.15) is 226 Å². The Hall–Kier alpha value is -1.99. The minimum Gasteiger partial charge on any atom is -0.394 e. The molecule has 12 N–H and O–H groups in total. The standard InChI is InChI=1S/C63H115NO18/c1-3-5-7-9-11-13-15-17-19-21-23-24-26-28-30-32-34-36-38-40-47(68)46(64-51(69)41-39-37-35-33-31-29-27-25-22-20-18-16-14-12-10-8-6-4-2)45-77-61-57(75)54(72)59(49(43-66)79-61)82-63-58(76)55(73)60(50(44-67)80-63)81-62-56(74)53(71)52(70)48(42-65)78-62/h14,16,20,22,38,40,46-50,52-63,65-68,70-76H,3-13,15,17-19,21,23-37,39,41-45H2,1-2H3,(H,64,69)/b16-14-,22-20-,40-38+. The fraction of sp³-hybridized carbons (Fsp3) is 0.889. The molecule has 17 atom stereocenters. The summed E-state index contributed by atoms with van der Waals surface area (Å²) in [6, 6.07) is -0.977. The van der Waals surface area contributed by atoms with E-state index in [9.17, 15) is 61.0 Å². The highest BCUT2D eigenvalue weighted by atomic mass is 16.8. The molecule has 19 heteroatoms. The van der Waals surface area contributed by atoms with Crippen molar-refractivity contribution in [1.82, 2.24) is 5.32 Å². The average molecular weight is 1170 g/mol. The van der Waals surface area contributed by atoms with Crippen LogP contribution < -0.4 is 5.32 Å². The second-order valence-corrected chi connectivity index (χ2v) is 23.2. The summed E-state index contributed by atoms with van der Waals surface area (Å²) >= 11 is 0. The number of nitrogens with one attached hydrogen (secondary N) is 1. The number of carbonyl (C=O) groups excluding carboxylic acids is 1. The van der Waals surface area contributed by atoms with Crippen molar-refractivity contribution in [1.29, 1.82) is 0 Å². The lowest BCUT2D eigenvalue weighted by molar-refractivity contribution is -0.379. The molecule has 0 bridgehead atoms. The number of rotatable bonds is 48. The normalized spacial score (nSPS) is 29.8. The number of carbonyl (C=O) groups is 1. The minimum atomic E-state index is -1.98. The number of ether oxygens (including phenoxy) is 6. The van der Waals surface area contributed by atoms with Gasteiger partial charge in [0.25, 0.3) is 0 Å². The molecule has 3 saturated heterocycles. The quantitative estimate of drug-likeness (QED) is 0.0218. The van der Waals surface area contributed by atoms with Gasteiger partial charge in [-0.1, -0.05) is 204 Å². The summed E-state index contributed by atoms with van der Waals surface area (Å²) in [5, 5.41) is 120. The van der Waals surface area contributed by atoms with Crippen LogP contribution in [0.4, 0.5) is 0 Å². The Balaban J connectivity index is 1.49. The van der Waals surface area contributed by atoms with E-state index in [-0.39, 0.29) is 18.9 Å². The maximum Gasteiger partial charge on any atom is 0.220 e. The molecule has 0 aromatic carbocycles. The van der Waals surface area contributed by atoms with Gasteiger partial charge in [0.15, 0.2) is 18.9 Å². The molecule has 3 fully saturated rings. The Morgan fingerprint density at radius 3 is 1.26 bits per heavy atom. The first kappa shape index (κ1) is 74.3. The molecule has 3 aliphatic heterocycles. The highest BCUT2D eigenvalue weighted by molar-refractivity contribution is 5.76. The van der Waals surface area contributed by atoms with E-state index in [1.807, 2.05) is 6.08 Å². The van der Waals surface area contributed by atoms with Gasteiger partial charge in [-0.2, -0.15) is 0 Å². The third kappa shape index (κ3) is 29.1. The largest absolute Gasteiger partial charge is 0.394 e. The Morgan fingerprint density at radius 2 is 0.805 bits per heavy atom. The summed E-state index contributed by atoms with van der Waals surface area (Å²) in [5.74, 6) is -0.283. The summed E-state index contributed by atoms with van der Waals surface area (Å²) < 4.78 is 34.3. The molecule has 0 aromatic rings. The van der Waals surface area contributed by atoms with Crippen LogP contribution in [0, 0.1) is 0 Å². The summed E-state index contributed by atoms with van der Waals surface area (Å²) in [4.78, 5) is 13.4. The van der Waals surface area contributed by atoms with Gasteiger partial charge in [0.1, 0.15) is 73.2 Å². The number of aliphatic hydroxyl groups excluding tert-OH is 11. The Bertz CT molecular complexity index is 1640. The minimum absolute atomic E-state index is 0.235. The maximum atomic E-state index is 13.4. The van der Waals surface area contributed by atoms with Gasteiger partial charge in [0.2, 0.25) is 5.91 Å². The molecule has 0 aliphatic carbocycles. The van der Waals surface area contributed by atoms with E-state index in [4.69, 9.17) is 28.4 Å². The lowest BCUT2D eigenvalue weighted by Crippen LogP contribution is -2.66. The van der Waals surface area contributed by atoms with E-state index < -0.39 is 124 Å². The van der Waals surface area contributed by atoms with Crippen molar-refractivity contribution in [2.24, 2.45) is 0 Å². The SMILES string of the molecule is CCCCCC/C=C\C/C=C\CCCCCCCCCC(=O)NC(COC1OC(CO)C(OC2OC(CO)C(OC3OC(CO)C(O)C(O)C3O)C(O)C2O)C(O)C1O)C(O)/C=C/CCCCCCCCCCCCCCCCCCC. The smallest absolute Gasteiger partial charge is 0.220 e. The molecule has 82 heavy (non-hydrogen) atoms. The monoisotopic (exact) mass is 1170 g/mol. The van der Waals surface area contributed by atoms with Gasteiger partial charge in [-0.05, 0) is 51.4 Å². The van der Waals surface area contributed by atoms with E-state index >= 15 is 0 Å². The summed E-state index contributed by atoms with van der Waals surface area (Å²) in [7, 11) is 0.